The Morgan fingerprint density at radius 2 is 1.79 bits per heavy atom. The van der Waals surface area contributed by atoms with E-state index in [9.17, 15) is 9.90 Å². The summed E-state index contributed by atoms with van der Waals surface area (Å²) < 4.78 is 11.1. The summed E-state index contributed by atoms with van der Waals surface area (Å²) in [7, 11) is 0. The van der Waals surface area contributed by atoms with Crippen molar-refractivity contribution < 1.29 is 19.4 Å². The highest BCUT2D eigenvalue weighted by Crippen LogP contribution is 2.25. The molecule has 0 aliphatic heterocycles. The van der Waals surface area contributed by atoms with Crippen LogP contribution in [0.1, 0.15) is 54.1 Å². The summed E-state index contributed by atoms with van der Waals surface area (Å²) in [6.07, 6.45) is 5.99. The monoisotopic (exact) mass is 442 g/mol. The quantitative estimate of drug-likeness (QED) is 0.175. The fourth-order valence-corrected chi connectivity index (χ4v) is 3.09. The first kappa shape index (κ1) is 23.6. The molecule has 3 aromatic carbocycles. The van der Waals surface area contributed by atoms with Gasteiger partial charge in [0.25, 0.3) is 0 Å². The van der Waals surface area contributed by atoms with Crippen LogP contribution >= 0.6 is 0 Å². The number of unbranched alkanes of at least 4 members (excludes halogenated alkanes) is 3. The van der Waals surface area contributed by atoms with Gasteiger partial charge in [0.2, 0.25) is 0 Å². The van der Waals surface area contributed by atoms with E-state index in [1.807, 2.05) is 0 Å². The highest BCUT2D eigenvalue weighted by atomic mass is 16.5. The lowest BCUT2D eigenvalue weighted by Crippen LogP contribution is -2.08. The first-order chi connectivity index (χ1) is 16.1. The molecule has 33 heavy (non-hydrogen) atoms. The lowest BCUT2D eigenvalue weighted by atomic mass is 10.2. The van der Waals surface area contributed by atoms with Crippen molar-refractivity contribution in [1.82, 2.24) is 0 Å². The van der Waals surface area contributed by atoms with Crippen LogP contribution in [0.15, 0.2) is 71.7 Å². The van der Waals surface area contributed by atoms with Gasteiger partial charge in [0.1, 0.15) is 23.3 Å². The lowest BCUT2D eigenvalue weighted by Gasteiger charge is -2.08. The van der Waals surface area contributed by atoms with E-state index < -0.39 is 5.97 Å². The van der Waals surface area contributed by atoms with Crippen LogP contribution in [0, 0.1) is 11.3 Å². The molecule has 0 saturated heterocycles. The molecule has 0 spiro atoms. The lowest BCUT2D eigenvalue weighted by molar-refractivity contribution is 0.0734. The Morgan fingerprint density at radius 3 is 2.52 bits per heavy atom. The van der Waals surface area contributed by atoms with Gasteiger partial charge in [-0.1, -0.05) is 38.3 Å². The summed E-state index contributed by atoms with van der Waals surface area (Å²) in [4.78, 5) is 16.7. The van der Waals surface area contributed by atoms with Crippen LogP contribution in [0.4, 0.5) is 5.69 Å². The Kier molecular flexibility index (Phi) is 8.61. The second kappa shape index (κ2) is 12.1. The number of nitriles is 1. The molecule has 3 rings (SSSR count). The van der Waals surface area contributed by atoms with Crippen molar-refractivity contribution in [3.8, 4) is 23.3 Å². The van der Waals surface area contributed by atoms with Gasteiger partial charge < -0.3 is 14.6 Å². The third kappa shape index (κ3) is 6.94. The van der Waals surface area contributed by atoms with Gasteiger partial charge >= 0.3 is 5.97 Å². The number of aliphatic imine (C=N–C) groups is 1. The van der Waals surface area contributed by atoms with E-state index in [0.717, 1.165) is 12.8 Å². The summed E-state index contributed by atoms with van der Waals surface area (Å²) >= 11 is 0. The van der Waals surface area contributed by atoms with Gasteiger partial charge in [-0.05, 0) is 55.0 Å². The number of carbonyl (C=O) groups excluding carboxylic acids is 1. The van der Waals surface area contributed by atoms with Crippen molar-refractivity contribution >= 4 is 17.9 Å². The summed E-state index contributed by atoms with van der Waals surface area (Å²) in [5, 5.41) is 19.4. The molecule has 1 N–H and O–H groups in total. The van der Waals surface area contributed by atoms with Gasteiger partial charge in [-0.15, -0.1) is 0 Å². The van der Waals surface area contributed by atoms with Crippen molar-refractivity contribution in [3.63, 3.8) is 0 Å². The maximum atomic E-state index is 12.4. The SMILES string of the molecule is CCCCCCOc1ccc(C(=O)Oc2ccc(C=Nc3ccccc3C#N)c(O)c2)cc1. The minimum atomic E-state index is -0.534. The Hall–Kier alpha value is -4.11. The number of para-hydroxylation sites is 1. The van der Waals surface area contributed by atoms with Crippen LogP contribution in [0.3, 0.4) is 0 Å². The van der Waals surface area contributed by atoms with Crippen molar-refractivity contribution in [1.29, 1.82) is 5.26 Å². The summed E-state index contributed by atoms with van der Waals surface area (Å²) in [6, 6.07) is 20.3. The number of hydrogen-bond donors (Lipinski definition) is 1. The third-order valence-electron chi connectivity index (χ3n) is 4.94. The minimum absolute atomic E-state index is 0.0923. The zero-order valence-corrected chi connectivity index (χ0v) is 18.5. The number of benzene rings is 3. The summed E-state index contributed by atoms with van der Waals surface area (Å²) in [5.74, 6) is 0.296. The molecule has 168 valence electrons. The fraction of sp³-hybridized carbons (Fsp3) is 0.222. The second-order valence-electron chi connectivity index (χ2n) is 7.43. The van der Waals surface area contributed by atoms with Gasteiger partial charge in [-0.2, -0.15) is 5.26 Å². The van der Waals surface area contributed by atoms with Gasteiger partial charge in [-0.25, -0.2) is 4.79 Å². The number of nitrogens with zero attached hydrogens (tertiary/aromatic N) is 2. The van der Waals surface area contributed by atoms with Crippen LogP contribution in [0.5, 0.6) is 17.2 Å². The molecule has 0 bridgehead atoms. The first-order valence-electron chi connectivity index (χ1n) is 10.9. The minimum Gasteiger partial charge on any atom is -0.507 e. The molecular formula is C27H26N2O4. The van der Waals surface area contributed by atoms with E-state index in [4.69, 9.17) is 14.7 Å². The molecule has 3 aromatic rings. The molecule has 0 aromatic heterocycles. The highest BCUT2D eigenvalue weighted by molar-refractivity contribution is 5.91. The normalized spacial score (nSPS) is 10.7. The molecular weight excluding hydrogens is 416 g/mol. The molecule has 0 unspecified atom stereocenters. The zero-order chi connectivity index (χ0) is 23.5. The Labute approximate surface area is 193 Å². The van der Waals surface area contributed by atoms with Crippen LogP contribution in [0.2, 0.25) is 0 Å². The van der Waals surface area contributed by atoms with E-state index in [-0.39, 0.29) is 11.5 Å². The van der Waals surface area contributed by atoms with Crippen LogP contribution in [-0.4, -0.2) is 23.9 Å². The number of ether oxygens (including phenoxy) is 2. The molecule has 0 amide bonds. The maximum absolute atomic E-state index is 12.4. The van der Waals surface area contributed by atoms with Crippen molar-refractivity contribution in [2.75, 3.05) is 6.61 Å². The number of carbonyl (C=O) groups is 1. The molecule has 0 heterocycles. The first-order valence-corrected chi connectivity index (χ1v) is 10.9. The predicted molar refractivity (Wildman–Crippen MR) is 128 cm³/mol. The van der Waals surface area contributed by atoms with Gasteiger partial charge in [0.05, 0.1) is 23.4 Å². The number of phenols is 1. The van der Waals surface area contributed by atoms with Crippen LogP contribution in [0.25, 0.3) is 0 Å². The Balaban J connectivity index is 1.58. The Morgan fingerprint density at radius 1 is 1.03 bits per heavy atom. The fourth-order valence-electron chi connectivity index (χ4n) is 3.09. The summed E-state index contributed by atoms with van der Waals surface area (Å²) in [6.45, 7) is 2.82. The van der Waals surface area contributed by atoms with E-state index in [1.54, 1.807) is 60.7 Å². The largest absolute Gasteiger partial charge is 0.507 e. The standard InChI is InChI=1S/C27H26N2O4/c1-2-3-4-7-16-32-23-13-10-20(11-14-23)27(31)33-24-15-12-22(26(30)17-24)19-29-25-9-6-5-8-21(25)18-28/h5-6,8-15,17,19,30H,2-4,7,16H2,1H3. The van der Waals surface area contributed by atoms with Crippen molar-refractivity contribution in [2.24, 2.45) is 4.99 Å². The number of aromatic hydroxyl groups is 1. The smallest absolute Gasteiger partial charge is 0.343 e. The second-order valence-corrected chi connectivity index (χ2v) is 7.43. The van der Waals surface area contributed by atoms with Gasteiger partial charge in [-0.3, -0.25) is 4.99 Å². The van der Waals surface area contributed by atoms with E-state index in [0.29, 0.717) is 34.7 Å². The Bertz CT molecular complexity index is 1150. The number of rotatable bonds is 10. The van der Waals surface area contributed by atoms with Gasteiger partial charge in [0.15, 0.2) is 0 Å². The number of phenolic OH excluding ortho intramolecular Hbond substituents is 1. The average molecular weight is 443 g/mol. The van der Waals surface area contributed by atoms with E-state index >= 15 is 0 Å². The van der Waals surface area contributed by atoms with E-state index in [2.05, 4.69) is 18.0 Å². The topological polar surface area (TPSA) is 91.9 Å². The van der Waals surface area contributed by atoms with Crippen molar-refractivity contribution in [2.45, 2.75) is 32.6 Å². The van der Waals surface area contributed by atoms with Gasteiger partial charge in [0, 0.05) is 17.8 Å². The highest BCUT2D eigenvalue weighted by Gasteiger charge is 2.11. The van der Waals surface area contributed by atoms with Crippen LogP contribution < -0.4 is 9.47 Å². The molecule has 6 nitrogen and oxygen atoms in total. The molecule has 0 aliphatic rings. The third-order valence-corrected chi connectivity index (χ3v) is 4.94. The maximum Gasteiger partial charge on any atom is 0.343 e. The zero-order valence-electron chi connectivity index (χ0n) is 18.5. The number of esters is 1. The molecule has 6 heteroatoms. The molecule has 0 aliphatic carbocycles. The molecule has 0 saturated carbocycles. The summed E-state index contributed by atoms with van der Waals surface area (Å²) in [5.41, 5.74) is 1.75. The molecule has 0 fully saturated rings. The van der Waals surface area contributed by atoms with E-state index in [1.165, 1.54) is 25.1 Å². The number of hydrogen-bond acceptors (Lipinski definition) is 6. The molecule has 0 atom stereocenters. The molecule has 0 radical (unpaired) electrons. The van der Waals surface area contributed by atoms with Crippen molar-refractivity contribution in [3.05, 3.63) is 83.4 Å². The van der Waals surface area contributed by atoms with Crippen LogP contribution in [-0.2, 0) is 0 Å². The average Bonchev–Trinajstić information content (AvgIpc) is 2.84. The predicted octanol–water partition coefficient (Wildman–Crippen LogP) is 6.19.